The molecule has 1 saturated heterocycles. The van der Waals surface area contributed by atoms with Crippen LogP contribution in [0, 0.1) is 11.7 Å². The van der Waals surface area contributed by atoms with Gasteiger partial charge >= 0.3 is 0 Å². The van der Waals surface area contributed by atoms with E-state index in [2.05, 4.69) is 0 Å². The Labute approximate surface area is 135 Å². The zero-order valence-corrected chi connectivity index (χ0v) is 14.0. The van der Waals surface area contributed by atoms with Crippen molar-refractivity contribution in [3.8, 4) is 0 Å². The molecule has 1 aromatic carbocycles. The van der Waals surface area contributed by atoms with Crippen molar-refractivity contribution in [3.63, 3.8) is 0 Å². The van der Waals surface area contributed by atoms with Gasteiger partial charge in [-0.3, -0.25) is 4.79 Å². The van der Waals surface area contributed by atoms with Gasteiger partial charge in [0.1, 0.15) is 5.82 Å². The summed E-state index contributed by atoms with van der Waals surface area (Å²) >= 11 is 0. The Bertz CT molecular complexity index is 678. The molecule has 1 aromatic rings. The van der Waals surface area contributed by atoms with E-state index in [0.717, 1.165) is 4.31 Å². The third-order valence-electron chi connectivity index (χ3n) is 3.98. The molecule has 1 heterocycles. The molecule has 1 fully saturated rings. The number of halogens is 1. The number of aliphatic hydroxyl groups is 1. The number of hydrogen-bond acceptors (Lipinski definition) is 4. The van der Waals surface area contributed by atoms with E-state index in [9.17, 15) is 22.7 Å². The monoisotopic (exact) mass is 344 g/mol. The fourth-order valence-electron chi connectivity index (χ4n) is 2.57. The first-order valence-electron chi connectivity index (χ1n) is 7.29. The van der Waals surface area contributed by atoms with Crippen molar-refractivity contribution >= 4 is 15.9 Å². The Hall–Kier alpha value is -1.51. The van der Waals surface area contributed by atoms with Gasteiger partial charge in [-0.05, 0) is 17.7 Å². The van der Waals surface area contributed by atoms with Crippen molar-refractivity contribution < 1.29 is 22.7 Å². The Morgan fingerprint density at radius 1 is 1.39 bits per heavy atom. The Morgan fingerprint density at radius 3 is 2.70 bits per heavy atom. The van der Waals surface area contributed by atoms with Gasteiger partial charge in [-0.25, -0.2) is 17.1 Å². The lowest BCUT2D eigenvalue weighted by Crippen LogP contribution is -2.34. The van der Waals surface area contributed by atoms with Gasteiger partial charge in [0.25, 0.3) is 0 Å². The number of sulfonamides is 1. The van der Waals surface area contributed by atoms with Gasteiger partial charge in [0.15, 0.2) is 0 Å². The quantitative estimate of drug-likeness (QED) is 0.821. The van der Waals surface area contributed by atoms with Crippen LogP contribution in [-0.4, -0.2) is 67.7 Å². The van der Waals surface area contributed by atoms with E-state index in [4.69, 9.17) is 0 Å². The molecule has 2 rings (SSSR count). The van der Waals surface area contributed by atoms with E-state index in [1.54, 1.807) is 6.07 Å². The number of rotatable bonds is 5. The van der Waals surface area contributed by atoms with Crippen LogP contribution < -0.4 is 0 Å². The van der Waals surface area contributed by atoms with Gasteiger partial charge in [-0.1, -0.05) is 12.1 Å². The average Bonchev–Trinajstić information content (AvgIpc) is 2.79. The normalized spacial score (nSPS) is 21.9. The number of β-amino-alcohol motifs (C(OH)–C–C–N with tert-alkyl or cyclic N) is 1. The minimum atomic E-state index is -3.44. The van der Waals surface area contributed by atoms with Crippen LogP contribution in [0.25, 0.3) is 0 Å². The van der Waals surface area contributed by atoms with E-state index in [-0.39, 0.29) is 31.2 Å². The van der Waals surface area contributed by atoms with E-state index < -0.39 is 27.9 Å². The van der Waals surface area contributed by atoms with Gasteiger partial charge in [-0.2, -0.15) is 0 Å². The first-order chi connectivity index (χ1) is 10.7. The molecule has 1 aliphatic rings. The standard InChI is InChI=1S/C15H21FN2O4S/c1-17(2)23(21,22)10-12-8-18(9-14(12)19)15(20)7-11-4-3-5-13(16)6-11/h3-6,12,14,19H,7-10H2,1-2H3/t12-,14+/m0/s1. The number of aliphatic hydroxyl groups excluding tert-OH is 1. The Balaban J connectivity index is 1.99. The molecule has 0 aromatic heterocycles. The smallest absolute Gasteiger partial charge is 0.227 e. The lowest BCUT2D eigenvalue weighted by Gasteiger charge is -2.18. The number of amides is 1. The lowest BCUT2D eigenvalue weighted by atomic mass is 10.1. The van der Waals surface area contributed by atoms with E-state index >= 15 is 0 Å². The predicted octanol–water partition coefficient (Wildman–Crippen LogP) is 0.0789. The molecule has 1 aliphatic heterocycles. The summed E-state index contributed by atoms with van der Waals surface area (Å²) in [5.41, 5.74) is 0.550. The fraction of sp³-hybridized carbons (Fsp3) is 0.533. The van der Waals surface area contributed by atoms with Gasteiger partial charge in [0.2, 0.25) is 15.9 Å². The van der Waals surface area contributed by atoms with Crippen molar-refractivity contribution in [1.82, 2.24) is 9.21 Å². The van der Waals surface area contributed by atoms with Gasteiger partial charge < -0.3 is 10.0 Å². The molecule has 0 unspecified atom stereocenters. The minimum absolute atomic E-state index is 0.0254. The van der Waals surface area contributed by atoms with Crippen LogP contribution in [0.15, 0.2) is 24.3 Å². The summed E-state index contributed by atoms with van der Waals surface area (Å²) in [5, 5.41) is 10.0. The van der Waals surface area contributed by atoms with E-state index in [0.29, 0.717) is 5.56 Å². The number of carbonyl (C=O) groups is 1. The summed E-state index contributed by atoms with van der Waals surface area (Å²) < 4.78 is 38.1. The summed E-state index contributed by atoms with van der Waals surface area (Å²) in [7, 11) is -0.574. The third kappa shape index (κ3) is 4.49. The maximum atomic E-state index is 13.1. The predicted molar refractivity (Wildman–Crippen MR) is 83.7 cm³/mol. The molecule has 0 aliphatic carbocycles. The molecule has 0 saturated carbocycles. The summed E-state index contributed by atoms with van der Waals surface area (Å²) in [5.74, 6) is -1.38. The van der Waals surface area contributed by atoms with Gasteiger partial charge in [-0.15, -0.1) is 0 Å². The van der Waals surface area contributed by atoms with Crippen LogP contribution in [0.1, 0.15) is 5.56 Å². The molecule has 2 atom stereocenters. The van der Waals surface area contributed by atoms with E-state index in [1.807, 2.05) is 0 Å². The summed E-state index contributed by atoms with van der Waals surface area (Å²) in [6, 6.07) is 5.78. The topological polar surface area (TPSA) is 77.9 Å². The second-order valence-electron chi connectivity index (χ2n) is 5.99. The van der Waals surface area contributed by atoms with Crippen molar-refractivity contribution in [2.45, 2.75) is 12.5 Å². The van der Waals surface area contributed by atoms with Crippen LogP contribution in [0.4, 0.5) is 4.39 Å². The van der Waals surface area contributed by atoms with Crippen molar-refractivity contribution in [1.29, 1.82) is 0 Å². The third-order valence-corrected chi connectivity index (χ3v) is 5.95. The van der Waals surface area contributed by atoms with Crippen molar-refractivity contribution in [2.24, 2.45) is 5.92 Å². The Kier molecular flexibility index (Phi) is 5.38. The molecular weight excluding hydrogens is 323 g/mol. The SMILES string of the molecule is CN(C)S(=O)(=O)C[C@@H]1CN(C(=O)Cc2cccc(F)c2)C[C@H]1O. The fourth-order valence-corrected chi connectivity index (χ4v) is 3.74. The molecule has 23 heavy (non-hydrogen) atoms. The second kappa shape index (κ2) is 6.94. The van der Waals surface area contributed by atoms with Crippen LogP contribution in [0.3, 0.4) is 0 Å². The lowest BCUT2D eigenvalue weighted by molar-refractivity contribution is -0.129. The zero-order chi connectivity index (χ0) is 17.2. The largest absolute Gasteiger partial charge is 0.391 e. The molecule has 0 bridgehead atoms. The second-order valence-corrected chi connectivity index (χ2v) is 8.22. The average molecular weight is 344 g/mol. The number of hydrogen-bond donors (Lipinski definition) is 1. The molecule has 0 spiro atoms. The first-order valence-corrected chi connectivity index (χ1v) is 8.90. The Morgan fingerprint density at radius 2 is 2.09 bits per heavy atom. The number of benzene rings is 1. The summed E-state index contributed by atoms with van der Waals surface area (Å²) in [6.07, 6.45) is -0.848. The maximum absolute atomic E-state index is 13.1. The van der Waals surface area contributed by atoms with Crippen molar-refractivity contribution in [3.05, 3.63) is 35.6 Å². The van der Waals surface area contributed by atoms with Crippen LogP contribution in [-0.2, 0) is 21.2 Å². The molecular formula is C15H21FN2O4S. The number of carbonyl (C=O) groups excluding carboxylic acids is 1. The first kappa shape index (κ1) is 17.8. The highest BCUT2D eigenvalue weighted by Gasteiger charge is 2.37. The molecule has 1 N–H and O–H groups in total. The molecule has 1 amide bonds. The number of likely N-dealkylation sites (tertiary alicyclic amines) is 1. The highest BCUT2D eigenvalue weighted by molar-refractivity contribution is 7.89. The maximum Gasteiger partial charge on any atom is 0.227 e. The van der Waals surface area contributed by atoms with Gasteiger partial charge in [0, 0.05) is 33.1 Å². The molecule has 0 radical (unpaired) electrons. The number of nitrogens with zero attached hydrogens (tertiary/aromatic N) is 2. The summed E-state index contributed by atoms with van der Waals surface area (Å²) in [4.78, 5) is 13.7. The molecule has 128 valence electrons. The van der Waals surface area contributed by atoms with E-state index in [1.165, 1.54) is 37.2 Å². The molecule has 6 nitrogen and oxygen atoms in total. The highest BCUT2D eigenvalue weighted by Crippen LogP contribution is 2.21. The summed E-state index contributed by atoms with van der Waals surface area (Å²) in [6.45, 7) is 0.282. The van der Waals surface area contributed by atoms with Crippen LogP contribution in [0.5, 0.6) is 0 Å². The molecule has 8 heteroatoms. The van der Waals surface area contributed by atoms with Crippen LogP contribution in [0.2, 0.25) is 0 Å². The zero-order valence-electron chi connectivity index (χ0n) is 13.1. The van der Waals surface area contributed by atoms with Gasteiger partial charge in [0.05, 0.1) is 18.3 Å². The van der Waals surface area contributed by atoms with Crippen molar-refractivity contribution in [2.75, 3.05) is 32.9 Å². The minimum Gasteiger partial charge on any atom is -0.391 e. The highest BCUT2D eigenvalue weighted by atomic mass is 32.2. The van der Waals surface area contributed by atoms with Crippen LogP contribution >= 0.6 is 0 Å².